The molecule has 1 aromatic rings. The Morgan fingerprint density at radius 1 is 1.50 bits per heavy atom. The summed E-state index contributed by atoms with van der Waals surface area (Å²) in [6.07, 6.45) is 1.50. The van der Waals surface area contributed by atoms with Crippen LogP contribution in [-0.4, -0.2) is 38.5 Å². The van der Waals surface area contributed by atoms with Gasteiger partial charge < -0.3 is 10.2 Å². The summed E-state index contributed by atoms with van der Waals surface area (Å²) >= 11 is 12.5. The molecule has 1 rings (SSSR count). The number of carbonyl (C=O) groups excluding carboxylic acids is 1. The smallest absolute Gasteiger partial charge is 0.238 e. The predicted molar refractivity (Wildman–Crippen MR) is 90.4 cm³/mol. The minimum atomic E-state index is -0.277. The summed E-state index contributed by atoms with van der Waals surface area (Å²) in [6, 6.07) is 3.35. The van der Waals surface area contributed by atoms with Crippen molar-refractivity contribution in [3.05, 3.63) is 23.4 Å². The molecule has 0 aliphatic heterocycles. The molecule has 7 heteroatoms. The first-order chi connectivity index (χ1) is 9.47. The Balaban J connectivity index is 2.54. The summed E-state index contributed by atoms with van der Waals surface area (Å²) in [5.41, 5.74) is 0. The van der Waals surface area contributed by atoms with Crippen molar-refractivity contribution < 1.29 is 4.79 Å². The molecule has 4 nitrogen and oxygen atoms in total. The van der Waals surface area contributed by atoms with Crippen LogP contribution in [0.3, 0.4) is 0 Å². The summed E-state index contributed by atoms with van der Waals surface area (Å²) < 4.78 is 0.738. The van der Waals surface area contributed by atoms with Crippen LogP contribution < -0.4 is 5.32 Å². The first-order valence-corrected chi connectivity index (χ1v) is 8.02. The van der Waals surface area contributed by atoms with E-state index in [0.29, 0.717) is 10.8 Å². The number of rotatable bonds is 5. The van der Waals surface area contributed by atoms with Gasteiger partial charge >= 0.3 is 0 Å². The van der Waals surface area contributed by atoms with Crippen LogP contribution in [0.1, 0.15) is 20.8 Å². The van der Waals surface area contributed by atoms with Crippen molar-refractivity contribution in [1.29, 1.82) is 0 Å². The third kappa shape index (κ3) is 5.26. The third-order valence-corrected chi connectivity index (χ3v) is 4.45. The lowest BCUT2D eigenvalue weighted by Crippen LogP contribution is -2.31. The number of aromatic nitrogens is 1. The zero-order valence-corrected chi connectivity index (χ0v) is 14.1. The number of thioether (sulfide) groups is 1. The van der Waals surface area contributed by atoms with Gasteiger partial charge in [0.2, 0.25) is 5.91 Å². The van der Waals surface area contributed by atoms with Gasteiger partial charge in [-0.25, -0.2) is 4.98 Å². The number of amides is 1. The second kappa shape index (κ2) is 8.44. The topological polar surface area (TPSA) is 45.2 Å². The molecule has 0 radical (unpaired) electrons. The average molecular weight is 332 g/mol. The van der Waals surface area contributed by atoms with Gasteiger partial charge in [0, 0.05) is 19.3 Å². The van der Waals surface area contributed by atoms with E-state index >= 15 is 0 Å². The number of pyridine rings is 1. The van der Waals surface area contributed by atoms with Crippen LogP contribution in [-0.2, 0) is 4.79 Å². The molecule has 1 atom stereocenters. The Bertz CT molecular complexity index is 463. The minimum absolute atomic E-state index is 0.126. The molecule has 0 bridgehead atoms. The second-order valence-electron chi connectivity index (χ2n) is 4.05. The van der Waals surface area contributed by atoms with Gasteiger partial charge in [-0.3, -0.25) is 4.79 Å². The van der Waals surface area contributed by atoms with Gasteiger partial charge in [0.1, 0.15) is 10.1 Å². The number of hydrogen-bond acceptors (Lipinski definition) is 4. The minimum Gasteiger partial charge on any atom is -0.358 e. The summed E-state index contributed by atoms with van der Waals surface area (Å²) in [7, 11) is 0. The van der Waals surface area contributed by atoms with Gasteiger partial charge in [-0.05, 0) is 32.9 Å². The molecule has 1 amide bonds. The fraction of sp³-hybridized carbons (Fsp3) is 0.462. The zero-order chi connectivity index (χ0) is 15.1. The molecule has 0 fully saturated rings. The van der Waals surface area contributed by atoms with Gasteiger partial charge in [-0.1, -0.05) is 35.6 Å². The maximum absolute atomic E-state index is 12.0. The van der Waals surface area contributed by atoms with E-state index in [1.807, 2.05) is 25.7 Å². The standard InChI is InChI=1S/C13H18ClN3OS2/c1-4-17(5-2)13(19)20-9(3)12(18)16-11-7-6-10(14)8-15-11/h6-9H,4-5H2,1-3H3,(H,15,16,18)/t9-/m0/s1. The van der Waals surface area contributed by atoms with E-state index in [1.54, 1.807) is 12.1 Å². The number of thiocarbonyl (C=S) groups is 1. The Labute approximate surface area is 134 Å². The fourth-order valence-electron chi connectivity index (χ4n) is 1.44. The lowest BCUT2D eigenvalue weighted by atomic mass is 10.4. The maximum Gasteiger partial charge on any atom is 0.238 e. The lowest BCUT2D eigenvalue weighted by Gasteiger charge is -2.22. The number of anilines is 1. The fourth-order valence-corrected chi connectivity index (χ4v) is 3.12. The van der Waals surface area contributed by atoms with Crippen LogP contribution in [0, 0.1) is 0 Å². The molecule has 1 N–H and O–H groups in total. The summed E-state index contributed by atoms with van der Waals surface area (Å²) in [4.78, 5) is 18.1. The Morgan fingerprint density at radius 2 is 2.15 bits per heavy atom. The summed E-state index contributed by atoms with van der Waals surface area (Å²) in [6.45, 7) is 7.59. The van der Waals surface area contributed by atoms with Gasteiger partial charge in [0.15, 0.2) is 0 Å². The molecule has 110 valence electrons. The highest BCUT2D eigenvalue weighted by Crippen LogP contribution is 2.18. The van der Waals surface area contributed by atoms with Crippen LogP contribution in [0.2, 0.25) is 5.02 Å². The van der Waals surface area contributed by atoms with Crippen LogP contribution in [0.5, 0.6) is 0 Å². The van der Waals surface area contributed by atoms with E-state index in [-0.39, 0.29) is 11.2 Å². The van der Waals surface area contributed by atoms with E-state index in [2.05, 4.69) is 10.3 Å². The lowest BCUT2D eigenvalue weighted by molar-refractivity contribution is -0.115. The number of nitrogens with one attached hydrogen (secondary N) is 1. The van der Waals surface area contributed by atoms with Crippen molar-refractivity contribution in [1.82, 2.24) is 9.88 Å². The van der Waals surface area contributed by atoms with Crippen molar-refractivity contribution >= 4 is 51.6 Å². The van der Waals surface area contributed by atoms with Crippen LogP contribution in [0.15, 0.2) is 18.3 Å². The van der Waals surface area contributed by atoms with Gasteiger partial charge in [0.25, 0.3) is 0 Å². The molecule has 1 heterocycles. The van der Waals surface area contributed by atoms with Crippen molar-refractivity contribution in [2.24, 2.45) is 0 Å². The summed E-state index contributed by atoms with van der Waals surface area (Å²) in [5.74, 6) is 0.361. The number of hydrogen-bond donors (Lipinski definition) is 1. The van der Waals surface area contributed by atoms with Gasteiger partial charge in [-0.2, -0.15) is 0 Å². The van der Waals surface area contributed by atoms with Crippen LogP contribution in [0.25, 0.3) is 0 Å². The molecule has 0 unspecified atom stereocenters. The van der Waals surface area contributed by atoms with Crippen molar-refractivity contribution in [3.63, 3.8) is 0 Å². The van der Waals surface area contributed by atoms with E-state index in [9.17, 15) is 4.79 Å². The third-order valence-electron chi connectivity index (χ3n) is 2.65. The highest BCUT2D eigenvalue weighted by atomic mass is 35.5. The molecule has 20 heavy (non-hydrogen) atoms. The zero-order valence-electron chi connectivity index (χ0n) is 11.7. The maximum atomic E-state index is 12.0. The van der Waals surface area contributed by atoms with Gasteiger partial charge in [0.05, 0.1) is 10.3 Å². The second-order valence-corrected chi connectivity index (χ2v) is 6.46. The molecular formula is C13H18ClN3OS2. The molecule has 1 aromatic heterocycles. The SMILES string of the molecule is CCN(CC)C(=S)S[C@@H](C)C(=O)Nc1ccc(Cl)cn1. The van der Waals surface area contributed by atoms with Crippen molar-refractivity contribution in [3.8, 4) is 0 Å². The molecular weight excluding hydrogens is 314 g/mol. The highest BCUT2D eigenvalue weighted by molar-refractivity contribution is 8.23. The molecule has 0 aromatic carbocycles. The van der Waals surface area contributed by atoms with E-state index in [4.69, 9.17) is 23.8 Å². The van der Waals surface area contributed by atoms with Crippen LogP contribution >= 0.6 is 35.6 Å². The van der Waals surface area contributed by atoms with E-state index in [0.717, 1.165) is 17.4 Å². The normalized spacial score (nSPS) is 11.8. The molecule has 0 saturated carbocycles. The van der Waals surface area contributed by atoms with E-state index in [1.165, 1.54) is 18.0 Å². The predicted octanol–water partition coefficient (Wildman–Crippen LogP) is 3.42. The number of nitrogens with zero attached hydrogens (tertiary/aromatic N) is 2. The van der Waals surface area contributed by atoms with Gasteiger partial charge in [-0.15, -0.1) is 0 Å². The molecule has 0 aliphatic rings. The van der Waals surface area contributed by atoms with Crippen LogP contribution in [0.4, 0.5) is 5.82 Å². The quantitative estimate of drug-likeness (QED) is 0.838. The van der Waals surface area contributed by atoms with E-state index < -0.39 is 0 Å². The molecule has 0 saturated heterocycles. The average Bonchev–Trinajstić information content (AvgIpc) is 2.42. The molecule has 0 aliphatic carbocycles. The summed E-state index contributed by atoms with van der Waals surface area (Å²) in [5, 5.41) is 3.00. The Hall–Kier alpha value is -0.850. The first kappa shape index (κ1) is 17.2. The van der Waals surface area contributed by atoms with Crippen molar-refractivity contribution in [2.75, 3.05) is 18.4 Å². The Kier molecular flexibility index (Phi) is 7.26. The first-order valence-electron chi connectivity index (χ1n) is 6.35. The number of carbonyl (C=O) groups is 1. The largest absolute Gasteiger partial charge is 0.358 e. The van der Waals surface area contributed by atoms with Crippen molar-refractivity contribution in [2.45, 2.75) is 26.0 Å². The monoisotopic (exact) mass is 331 g/mol. The molecule has 0 spiro atoms. The Morgan fingerprint density at radius 3 is 2.65 bits per heavy atom. The highest BCUT2D eigenvalue weighted by Gasteiger charge is 2.18. The number of halogens is 1.